The van der Waals surface area contributed by atoms with E-state index in [2.05, 4.69) is 39.0 Å². The van der Waals surface area contributed by atoms with E-state index in [1.54, 1.807) is 0 Å². The van der Waals surface area contributed by atoms with E-state index in [9.17, 15) is 0 Å². The molecule has 2 N–H and O–H groups in total. The van der Waals surface area contributed by atoms with Gasteiger partial charge >= 0.3 is 0 Å². The van der Waals surface area contributed by atoms with Crippen LogP contribution in [-0.4, -0.2) is 55.3 Å². The summed E-state index contributed by atoms with van der Waals surface area (Å²) >= 11 is 1.88. The standard InChI is InChI=1S/C13H28N2OS/c1-6-16-11-9-13(14,12(11,2)3)10-15(4)7-8-17-5/h11H,6-10,14H2,1-5H3. The highest BCUT2D eigenvalue weighted by Crippen LogP contribution is 2.49. The lowest BCUT2D eigenvalue weighted by atomic mass is 9.54. The first-order valence-electron chi connectivity index (χ1n) is 6.45. The summed E-state index contributed by atoms with van der Waals surface area (Å²) in [7, 11) is 2.16. The summed E-state index contributed by atoms with van der Waals surface area (Å²) in [6.45, 7) is 9.38. The monoisotopic (exact) mass is 260 g/mol. The number of nitrogens with two attached hydrogens (primary N) is 1. The van der Waals surface area contributed by atoms with Crippen LogP contribution in [0.3, 0.4) is 0 Å². The molecule has 0 saturated heterocycles. The van der Waals surface area contributed by atoms with Gasteiger partial charge < -0.3 is 15.4 Å². The Balaban J connectivity index is 2.48. The molecular weight excluding hydrogens is 232 g/mol. The topological polar surface area (TPSA) is 38.5 Å². The lowest BCUT2D eigenvalue weighted by Gasteiger charge is -2.60. The summed E-state index contributed by atoms with van der Waals surface area (Å²) in [5.74, 6) is 1.17. The number of ether oxygens (including phenoxy) is 1. The third-order valence-corrected chi connectivity index (χ3v) is 4.83. The first kappa shape index (κ1) is 15.3. The van der Waals surface area contributed by atoms with Crippen LogP contribution in [0.25, 0.3) is 0 Å². The molecule has 0 bridgehead atoms. The van der Waals surface area contributed by atoms with Gasteiger partial charge in [-0.05, 0) is 26.6 Å². The molecule has 0 aromatic carbocycles. The van der Waals surface area contributed by atoms with E-state index in [0.29, 0.717) is 6.10 Å². The summed E-state index contributed by atoms with van der Waals surface area (Å²) in [4.78, 5) is 2.35. The highest BCUT2D eigenvalue weighted by Gasteiger charge is 2.58. The third-order valence-electron chi connectivity index (χ3n) is 4.23. The van der Waals surface area contributed by atoms with Crippen molar-refractivity contribution in [1.29, 1.82) is 0 Å². The Morgan fingerprint density at radius 3 is 2.59 bits per heavy atom. The quantitative estimate of drug-likeness (QED) is 0.758. The Bertz CT molecular complexity index is 248. The van der Waals surface area contributed by atoms with Crippen molar-refractivity contribution in [2.45, 2.75) is 38.8 Å². The zero-order chi connectivity index (χ0) is 13.1. The maximum atomic E-state index is 6.55. The molecule has 0 spiro atoms. The van der Waals surface area contributed by atoms with E-state index in [1.165, 1.54) is 5.75 Å². The van der Waals surface area contributed by atoms with Crippen LogP contribution in [0.5, 0.6) is 0 Å². The molecule has 0 heterocycles. The minimum atomic E-state index is -0.0972. The first-order valence-corrected chi connectivity index (χ1v) is 7.84. The van der Waals surface area contributed by atoms with Crippen molar-refractivity contribution >= 4 is 11.8 Å². The second-order valence-electron chi connectivity index (χ2n) is 5.76. The molecule has 4 heteroatoms. The minimum absolute atomic E-state index is 0.0800. The highest BCUT2D eigenvalue weighted by atomic mass is 32.2. The van der Waals surface area contributed by atoms with E-state index in [1.807, 2.05) is 11.8 Å². The molecule has 1 saturated carbocycles. The van der Waals surface area contributed by atoms with Crippen LogP contribution in [0.1, 0.15) is 27.2 Å². The Morgan fingerprint density at radius 1 is 1.47 bits per heavy atom. The van der Waals surface area contributed by atoms with Gasteiger partial charge in [0.1, 0.15) is 0 Å². The average molecular weight is 260 g/mol. The molecule has 1 rings (SSSR count). The molecule has 1 aliphatic carbocycles. The van der Waals surface area contributed by atoms with E-state index < -0.39 is 0 Å². The van der Waals surface area contributed by atoms with Gasteiger partial charge in [0.15, 0.2) is 0 Å². The normalized spacial score (nSPS) is 31.6. The number of hydrogen-bond acceptors (Lipinski definition) is 4. The van der Waals surface area contributed by atoms with E-state index in [4.69, 9.17) is 10.5 Å². The smallest absolute Gasteiger partial charge is 0.0662 e. The molecule has 0 aromatic rings. The van der Waals surface area contributed by atoms with Gasteiger partial charge in [-0.2, -0.15) is 11.8 Å². The number of likely N-dealkylation sites (N-methyl/N-ethyl adjacent to an activating group) is 1. The Hall–Kier alpha value is 0.230. The molecule has 0 amide bonds. The third kappa shape index (κ3) is 3.16. The Kier molecular flexibility index (Phi) is 5.32. The van der Waals surface area contributed by atoms with Gasteiger partial charge in [-0.3, -0.25) is 0 Å². The van der Waals surface area contributed by atoms with Crippen LogP contribution in [-0.2, 0) is 4.74 Å². The first-order chi connectivity index (χ1) is 7.87. The fourth-order valence-electron chi connectivity index (χ4n) is 2.58. The lowest BCUT2D eigenvalue weighted by Crippen LogP contribution is -2.73. The number of rotatable bonds is 7. The molecule has 0 radical (unpaired) electrons. The van der Waals surface area contributed by atoms with Crippen molar-refractivity contribution in [2.24, 2.45) is 11.1 Å². The van der Waals surface area contributed by atoms with Crippen molar-refractivity contribution in [3.63, 3.8) is 0 Å². The molecule has 17 heavy (non-hydrogen) atoms. The van der Waals surface area contributed by atoms with Gasteiger partial charge in [0, 0.05) is 36.4 Å². The van der Waals surface area contributed by atoms with Crippen molar-refractivity contribution in [3.05, 3.63) is 0 Å². The van der Waals surface area contributed by atoms with Gasteiger partial charge in [0.05, 0.1) is 6.10 Å². The van der Waals surface area contributed by atoms with Crippen LogP contribution < -0.4 is 5.73 Å². The molecule has 102 valence electrons. The van der Waals surface area contributed by atoms with Gasteiger partial charge in [0.25, 0.3) is 0 Å². The molecule has 2 unspecified atom stereocenters. The van der Waals surface area contributed by atoms with Crippen molar-refractivity contribution in [1.82, 2.24) is 4.90 Å². The molecular formula is C13H28N2OS. The number of thioether (sulfide) groups is 1. The molecule has 0 aliphatic heterocycles. The van der Waals surface area contributed by atoms with E-state index in [-0.39, 0.29) is 11.0 Å². The Morgan fingerprint density at radius 2 is 2.12 bits per heavy atom. The second kappa shape index (κ2) is 5.91. The van der Waals surface area contributed by atoms with Crippen molar-refractivity contribution in [2.75, 3.05) is 38.8 Å². The molecule has 3 nitrogen and oxygen atoms in total. The summed E-state index contributed by atoms with van der Waals surface area (Å²) in [5, 5.41) is 0. The lowest BCUT2D eigenvalue weighted by molar-refractivity contribution is -0.155. The average Bonchev–Trinajstić information content (AvgIpc) is 2.26. The van der Waals surface area contributed by atoms with E-state index in [0.717, 1.165) is 26.1 Å². The predicted molar refractivity (Wildman–Crippen MR) is 76.6 cm³/mol. The second-order valence-corrected chi connectivity index (χ2v) is 6.74. The number of hydrogen-bond donors (Lipinski definition) is 1. The summed E-state index contributed by atoms with van der Waals surface area (Å²) in [6, 6.07) is 0. The van der Waals surface area contributed by atoms with Crippen LogP contribution >= 0.6 is 11.8 Å². The van der Waals surface area contributed by atoms with Gasteiger partial charge in [-0.15, -0.1) is 0 Å². The summed E-state index contributed by atoms with van der Waals surface area (Å²) in [6.07, 6.45) is 3.45. The number of nitrogens with zero attached hydrogens (tertiary/aromatic N) is 1. The van der Waals surface area contributed by atoms with Gasteiger partial charge in [-0.25, -0.2) is 0 Å². The van der Waals surface area contributed by atoms with Crippen molar-refractivity contribution in [3.8, 4) is 0 Å². The van der Waals surface area contributed by atoms with Crippen LogP contribution in [0, 0.1) is 5.41 Å². The maximum Gasteiger partial charge on any atom is 0.0662 e. The van der Waals surface area contributed by atoms with Crippen LogP contribution in [0.15, 0.2) is 0 Å². The minimum Gasteiger partial charge on any atom is -0.378 e. The predicted octanol–water partition coefficient (Wildman–Crippen LogP) is 1.81. The molecule has 1 fully saturated rings. The fraction of sp³-hybridized carbons (Fsp3) is 1.00. The molecule has 2 atom stereocenters. The fourth-order valence-corrected chi connectivity index (χ4v) is 3.08. The zero-order valence-electron chi connectivity index (χ0n) is 12.0. The SMILES string of the molecule is CCOC1CC(N)(CN(C)CCSC)C1(C)C. The zero-order valence-corrected chi connectivity index (χ0v) is 12.8. The summed E-state index contributed by atoms with van der Waals surface area (Å²) in [5.41, 5.74) is 6.53. The highest BCUT2D eigenvalue weighted by molar-refractivity contribution is 7.98. The van der Waals surface area contributed by atoms with Crippen molar-refractivity contribution < 1.29 is 4.74 Å². The largest absolute Gasteiger partial charge is 0.378 e. The van der Waals surface area contributed by atoms with Crippen LogP contribution in [0.4, 0.5) is 0 Å². The maximum absolute atomic E-state index is 6.55. The van der Waals surface area contributed by atoms with E-state index >= 15 is 0 Å². The Labute approximate surface area is 110 Å². The van der Waals surface area contributed by atoms with Crippen LogP contribution in [0.2, 0.25) is 0 Å². The van der Waals surface area contributed by atoms with Gasteiger partial charge in [-0.1, -0.05) is 13.8 Å². The summed E-state index contributed by atoms with van der Waals surface area (Å²) < 4.78 is 5.75. The molecule has 0 aromatic heterocycles. The molecule has 1 aliphatic rings. The van der Waals surface area contributed by atoms with Gasteiger partial charge in [0.2, 0.25) is 0 Å².